The summed E-state index contributed by atoms with van der Waals surface area (Å²) >= 11 is 1.07. The van der Waals surface area contributed by atoms with Crippen molar-refractivity contribution in [3.05, 3.63) is 78.1 Å². The summed E-state index contributed by atoms with van der Waals surface area (Å²) in [4.78, 5) is 12.3. The number of para-hydroxylation sites is 2. The Hall–Kier alpha value is -3.27. The Morgan fingerprint density at radius 1 is 1.19 bits per heavy atom. The highest BCUT2D eigenvalue weighted by Crippen LogP contribution is 2.34. The third-order valence-electron chi connectivity index (χ3n) is 4.39. The molecular formula is C22H21F3N4O2S. The van der Waals surface area contributed by atoms with E-state index in [0.29, 0.717) is 17.5 Å². The fourth-order valence-corrected chi connectivity index (χ4v) is 3.63. The van der Waals surface area contributed by atoms with Gasteiger partial charge in [0.25, 0.3) is 0 Å². The molecule has 3 aromatic rings. The molecule has 1 N–H and O–H groups in total. The molecule has 0 fully saturated rings. The third kappa shape index (κ3) is 5.91. The van der Waals surface area contributed by atoms with Gasteiger partial charge in [0.15, 0.2) is 11.0 Å². The number of carbonyl (C=O) groups excluding carboxylic acids is 1. The number of nitrogens with zero attached hydrogens (tertiary/aromatic N) is 3. The van der Waals surface area contributed by atoms with Crippen LogP contribution < -0.4 is 10.1 Å². The lowest BCUT2D eigenvalue weighted by Gasteiger charge is -2.13. The van der Waals surface area contributed by atoms with Gasteiger partial charge in [0, 0.05) is 6.54 Å². The molecule has 0 aliphatic carbocycles. The second-order valence-corrected chi connectivity index (χ2v) is 7.67. The second-order valence-electron chi connectivity index (χ2n) is 6.73. The lowest BCUT2D eigenvalue weighted by molar-refractivity contribution is -0.137. The Balaban J connectivity index is 1.66. The number of rotatable bonds is 9. The first kappa shape index (κ1) is 23.4. The van der Waals surface area contributed by atoms with Gasteiger partial charge in [-0.25, -0.2) is 0 Å². The first-order chi connectivity index (χ1) is 15.3. The normalized spacial score (nSPS) is 11.2. The Morgan fingerprint density at radius 2 is 1.91 bits per heavy atom. The largest absolute Gasteiger partial charge is 0.485 e. The molecule has 0 unspecified atom stereocenters. The van der Waals surface area contributed by atoms with Gasteiger partial charge in [0.2, 0.25) is 5.91 Å². The van der Waals surface area contributed by atoms with Crippen LogP contribution in [0.15, 0.2) is 66.3 Å². The fraction of sp³-hybridized carbons (Fsp3) is 0.227. The van der Waals surface area contributed by atoms with Gasteiger partial charge in [-0.15, -0.1) is 16.8 Å². The average Bonchev–Trinajstić information content (AvgIpc) is 3.13. The Bertz CT molecular complexity index is 1100. The highest BCUT2D eigenvalue weighted by atomic mass is 32.2. The summed E-state index contributed by atoms with van der Waals surface area (Å²) in [5, 5.41) is 11.0. The molecule has 6 nitrogen and oxygen atoms in total. The molecule has 0 saturated heterocycles. The maximum absolute atomic E-state index is 13.1. The summed E-state index contributed by atoms with van der Waals surface area (Å²) in [5.74, 6) is 0.536. The number of benzene rings is 2. The van der Waals surface area contributed by atoms with Gasteiger partial charge in [-0.2, -0.15) is 13.2 Å². The molecule has 1 heterocycles. The molecular weight excluding hydrogens is 441 g/mol. The van der Waals surface area contributed by atoms with Gasteiger partial charge in [-0.05, 0) is 30.7 Å². The first-order valence-electron chi connectivity index (χ1n) is 9.60. The summed E-state index contributed by atoms with van der Waals surface area (Å²) in [6.07, 6.45) is -2.91. The van der Waals surface area contributed by atoms with Crippen molar-refractivity contribution >= 4 is 23.4 Å². The van der Waals surface area contributed by atoms with E-state index in [-0.39, 0.29) is 18.0 Å². The topological polar surface area (TPSA) is 69.0 Å². The molecule has 1 aromatic heterocycles. The van der Waals surface area contributed by atoms with Crippen LogP contribution in [0.25, 0.3) is 0 Å². The van der Waals surface area contributed by atoms with E-state index >= 15 is 0 Å². The van der Waals surface area contributed by atoms with Crippen molar-refractivity contribution in [3.63, 3.8) is 0 Å². The van der Waals surface area contributed by atoms with Gasteiger partial charge < -0.3 is 10.1 Å². The summed E-state index contributed by atoms with van der Waals surface area (Å²) in [6.45, 7) is 6.21. The Kier molecular flexibility index (Phi) is 7.57. The third-order valence-corrected chi connectivity index (χ3v) is 5.36. The minimum atomic E-state index is -4.56. The smallest absolute Gasteiger partial charge is 0.418 e. The second kappa shape index (κ2) is 10.4. The van der Waals surface area contributed by atoms with Crippen LogP contribution in [0.5, 0.6) is 5.75 Å². The van der Waals surface area contributed by atoms with E-state index < -0.39 is 17.6 Å². The highest BCUT2D eigenvalue weighted by Gasteiger charge is 2.33. The predicted molar refractivity (Wildman–Crippen MR) is 117 cm³/mol. The van der Waals surface area contributed by atoms with Crippen molar-refractivity contribution in [1.29, 1.82) is 0 Å². The van der Waals surface area contributed by atoms with E-state index in [4.69, 9.17) is 4.74 Å². The molecule has 0 radical (unpaired) electrons. The number of thioether (sulfide) groups is 1. The molecule has 0 aliphatic heterocycles. The maximum Gasteiger partial charge on any atom is 0.418 e. The molecule has 0 aliphatic rings. The monoisotopic (exact) mass is 462 g/mol. The number of anilines is 1. The minimum Gasteiger partial charge on any atom is -0.485 e. The zero-order valence-corrected chi connectivity index (χ0v) is 18.0. The lowest BCUT2D eigenvalue weighted by atomic mass is 10.1. The zero-order chi connectivity index (χ0) is 23.1. The maximum atomic E-state index is 13.1. The van der Waals surface area contributed by atoms with Crippen LogP contribution in [-0.4, -0.2) is 26.4 Å². The SMILES string of the molecule is C=CCn1c(COc2ccccc2C)nnc1SCC(=O)Nc1ccccc1C(F)(F)F. The number of nitrogens with one attached hydrogen (secondary N) is 1. The van der Waals surface area contributed by atoms with Crippen molar-refractivity contribution in [2.75, 3.05) is 11.1 Å². The van der Waals surface area contributed by atoms with E-state index in [2.05, 4.69) is 22.1 Å². The van der Waals surface area contributed by atoms with Crippen LogP contribution in [-0.2, 0) is 24.1 Å². The number of alkyl halides is 3. The fourth-order valence-electron chi connectivity index (χ4n) is 2.86. The van der Waals surface area contributed by atoms with Crippen molar-refractivity contribution in [1.82, 2.24) is 14.8 Å². The number of carbonyl (C=O) groups is 1. The van der Waals surface area contributed by atoms with E-state index in [0.717, 1.165) is 29.1 Å². The number of amides is 1. The van der Waals surface area contributed by atoms with E-state index in [1.165, 1.54) is 18.2 Å². The molecule has 168 valence electrons. The van der Waals surface area contributed by atoms with Crippen LogP contribution >= 0.6 is 11.8 Å². The van der Waals surface area contributed by atoms with Crippen LogP contribution in [0.2, 0.25) is 0 Å². The van der Waals surface area contributed by atoms with Crippen LogP contribution in [0.1, 0.15) is 17.0 Å². The molecule has 2 aromatic carbocycles. The Morgan fingerprint density at radius 3 is 2.62 bits per heavy atom. The number of aromatic nitrogens is 3. The predicted octanol–water partition coefficient (Wildman–Crippen LogP) is 5.10. The van der Waals surface area contributed by atoms with E-state index in [1.807, 2.05) is 31.2 Å². The standard InChI is InChI=1S/C22H21F3N4O2S/c1-3-12-29-19(13-31-18-11-7-4-8-15(18)2)27-28-21(29)32-14-20(30)26-17-10-6-5-9-16(17)22(23,24)25/h3-11H,1,12-14H2,2H3,(H,26,30). The quantitative estimate of drug-likeness (QED) is 0.354. The lowest BCUT2D eigenvalue weighted by Crippen LogP contribution is -2.18. The van der Waals surface area contributed by atoms with E-state index in [9.17, 15) is 18.0 Å². The van der Waals surface area contributed by atoms with E-state index in [1.54, 1.807) is 10.6 Å². The molecule has 0 spiro atoms. The molecule has 0 atom stereocenters. The summed E-state index contributed by atoms with van der Waals surface area (Å²) < 4.78 is 46.9. The number of hydrogen-bond donors (Lipinski definition) is 1. The molecule has 32 heavy (non-hydrogen) atoms. The summed E-state index contributed by atoms with van der Waals surface area (Å²) in [6, 6.07) is 12.4. The van der Waals surface area contributed by atoms with Gasteiger partial charge in [0.05, 0.1) is 17.0 Å². The number of aryl methyl sites for hydroxylation is 1. The van der Waals surface area contributed by atoms with Crippen molar-refractivity contribution in [2.45, 2.75) is 31.4 Å². The van der Waals surface area contributed by atoms with Crippen molar-refractivity contribution < 1.29 is 22.7 Å². The van der Waals surface area contributed by atoms with Gasteiger partial charge >= 0.3 is 6.18 Å². The van der Waals surface area contributed by atoms with Gasteiger partial charge in [0.1, 0.15) is 12.4 Å². The minimum absolute atomic E-state index is 0.139. The number of hydrogen-bond acceptors (Lipinski definition) is 5. The summed E-state index contributed by atoms with van der Waals surface area (Å²) in [5.41, 5.74) is -0.206. The molecule has 3 rings (SSSR count). The van der Waals surface area contributed by atoms with Gasteiger partial charge in [-0.1, -0.05) is 48.2 Å². The molecule has 1 amide bonds. The van der Waals surface area contributed by atoms with Crippen LogP contribution in [0.4, 0.5) is 18.9 Å². The Labute approximate surface area is 187 Å². The average molecular weight is 462 g/mol. The van der Waals surface area contributed by atoms with Crippen molar-refractivity contribution in [2.24, 2.45) is 0 Å². The number of ether oxygens (including phenoxy) is 1. The van der Waals surface area contributed by atoms with Crippen molar-refractivity contribution in [3.8, 4) is 5.75 Å². The van der Waals surface area contributed by atoms with Crippen LogP contribution in [0.3, 0.4) is 0 Å². The summed E-state index contributed by atoms with van der Waals surface area (Å²) in [7, 11) is 0. The zero-order valence-electron chi connectivity index (χ0n) is 17.2. The number of halogens is 3. The first-order valence-corrected chi connectivity index (χ1v) is 10.6. The molecule has 0 bridgehead atoms. The molecule has 0 saturated carbocycles. The van der Waals surface area contributed by atoms with Gasteiger partial charge in [-0.3, -0.25) is 9.36 Å². The van der Waals surface area contributed by atoms with Crippen LogP contribution in [0, 0.1) is 6.92 Å². The number of allylic oxidation sites excluding steroid dienone is 1. The highest BCUT2D eigenvalue weighted by molar-refractivity contribution is 7.99. The molecule has 10 heteroatoms.